The zero-order valence-corrected chi connectivity index (χ0v) is 20.1. The molecule has 4 heteroatoms. The van der Waals surface area contributed by atoms with Gasteiger partial charge in [-0.3, -0.25) is 4.90 Å². The first-order valence-corrected chi connectivity index (χ1v) is 11.5. The van der Waals surface area contributed by atoms with Gasteiger partial charge in [0.1, 0.15) is 5.75 Å². The van der Waals surface area contributed by atoms with E-state index in [4.69, 9.17) is 9.47 Å². The molecule has 0 N–H and O–H groups in total. The molecular weight excluding hydrogens is 386 g/mol. The number of aryl methyl sites for hydroxylation is 2. The molecule has 0 unspecified atom stereocenters. The Hall–Kier alpha value is -2.33. The second-order valence-electron chi connectivity index (χ2n) is 8.89. The molecule has 4 nitrogen and oxygen atoms in total. The van der Waals surface area contributed by atoms with Crippen LogP contribution in [-0.4, -0.2) is 36.2 Å². The Labute approximate surface area is 188 Å². The van der Waals surface area contributed by atoms with Crippen LogP contribution in [0.1, 0.15) is 57.7 Å². The van der Waals surface area contributed by atoms with Crippen LogP contribution in [0.4, 0.5) is 0 Å². The van der Waals surface area contributed by atoms with Gasteiger partial charge in [0.25, 0.3) is 0 Å². The van der Waals surface area contributed by atoms with Crippen molar-refractivity contribution in [1.82, 2.24) is 4.90 Å². The zero-order valence-electron chi connectivity index (χ0n) is 20.1. The van der Waals surface area contributed by atoms with E-state index >= 15 is 0 Å². The van der Waals surface area contributed by atoms with Crippen molar-refractivity contribution in [3.8, 4) is 5.75 Å². The number of hydrogen-bond acceptors (Lipinski definition) is 4. The minimum atomic E-state index is -1.00. The van der Waals surface area contributed by atoms with Crippen LogP contribution in [0.3, 0.4) is 0 Å². The molecule has 1 atom stereocenters. The van der Waals surface area contributed by atoms with Gasteiger partial charge >= 0.3 is 5.97 Å². The van der Waals surface area contributed by atoms with E-state index in [0.717, 1.165) is 43.8 Å². The molecule has 0 saturated carbocycles. The smallest absolute Gasteiger partial charge is 0.349 e. The summed E-state index contributed by atoms with van der Waals surface area (Å²) < 4.78 is 11.1. The van der Waals surface area contributed by atoms with Gasteiger partial charge in [-0.15, -0.1) is 0 Å². The summed E-state index contributed by atoms with van der Waals surface area (Å²) in [5, 5.41) is 0. The molecule has 0 aliphatic carbocycles. The summed E-state index contributed by atoms with van der Waals surface area (Å²) in [5.74, 6) is 1.00. The zero-order chi connectivity index (χ0) is 22.9. The molecule has 0 amide bonds. The molecule has 0 spiro atoms. The molecule has 0 heterocycles. The molecule has 0 bridgehead atoms. The summed E-state index contributed by atoms with van der Waals surface area (Å²) in [6, 6.07) is 16.9. The van der Waals surface area contributed by atoms with Crippen LogP contribution in [0, 0.1) is 12.8 Å². The molecule has 0 fully saturated rings. The SMILES string of the molecule is CCOC(=O)C(C)(C)Oc1ccc(CC[C@H](C)CN(CC)Cc2ccccc2)cc1C. The summed E-state index contributed by atoms with van der Waals surface area (Å²) in [7, 11) is 0. The van der Waals surface area contributed by atoms with Gasteiger partial charge in [-0.1, -0.05) is 56.3 Å². The number of nitrogens with zero attached hydrogens (tertiary/aromatic N) is 1. The number of carbonyl (C=O) groups is 1. The Morgan fingerprint density at radius 1 is 1.06 bits per heavy atom. The van der Waals surface area contributed by atoms with Crippen molar-refractivity contribution >= 4 is 5.97 Å². The normalized spacial score (nSPS) is 12.6. The predicted octanol–water partition coefficient (Wildman–Crippen LogP) is 5.81. The average Bonchev–Trinajstić information content (AvgIpc) is 2.74. The van der Waals surface area contributed by atoms with Crippen molar-refractivity contribution in [2.24, 2.45) is 5.92 Å². The van der Waals surface area contributed by atoms with E-state index < -0.39 is 5.60 Å². The van der Waals surface area contributed by atoms with E-state index in [1.807, 2.05) is 13.0 Å². The Kier molecular flexibility index (Phi) is 9.57. The van der Waals surface area contributed by atoms with E-state index in [9.17, 15) is 4.79 Å². The molecule has 0 radical (unpaired) electrons. The van der Waals surface area contributed by atoms with Crippen LogP contribution >= 0.6 is 0 Å². The fourth-order valence-electron chi connectivity index (χ4n) is 3.70. The monoisotopic (exact) mass is 425 g/mol. The number of carbonyl (C=O) groups excluding carboxylic acids is 1. The Balaban J connectivity index is 1.89. The second kappa shape index (κ2) is 11.9. The average molecular weight is 426 g/mol. The van der Waals surface area contributed by atoms with Crippen LogP contribution in [0.15, 0.2) is 48.5 Å². The highest BCUT2D eigenvalue weighted by Gasteiger charge is 2.32. The highest BCUT2D eigenvalue weighted by atomic mass is 16.6. The van der Waals surface area contributed by atoms with Crippen molar-refractivity contribution < 1.29 is 14.3 Å². The summed E-state index contributed by atoms with van der Waals surface area (Å²) in [4.78, 5) is 14.6. The van der Waals surface area contributed by atoms with Crippen molar-refractivity contribution in [1.29, 1.82) is 0 Å². The maximum Gasteiger partial charge on any atom is 0.349 e. The van der Waals surface area contributed by atoms with Crippen LogP contribution in [0.5, 0.6) is 5.75 Å². The minimum Gasteiger partial charge on any atom is -0.476 e. The van der Waals surface area contributed by atoms with E-state index in [-0.39, 0.29) is 5.97 Å². The molecule has 2 aromatic rings. The Morgan fingerprint density at radius 3 is 2.39 bits per heavy atom. The standard InChI is InChI=1S/C27H39NO3/c1-7-28(20-24-12-10-9-11-13-24)19-21(3)14-15-23-16-17-25(22(4)18-23)31-27(5,6)26(29)30-8-2/h9-13,16-18,21H,7-8,14-15,19-20H2,1-6H3/t21-/m0/s1. The van der Waals surface area contributed by atoms with E-state index in [2.05, 4.69) is 61.2 Å². The van der Waals surface area contributed by atoms with Gasteiger partial charge in [0, 0.05) is 13.1 Å². The van der Waals surface area contributed by atoms with Crippen LogP contribution in [0.25, 0.3) is 0 Å². The molecule has 0 aliphatic heterocycles. The summed E-state index contributed by atoms with van der Waals surface area (Å²) in [6.07, 6.45) is 2.17. The van der Waals surface area contributed by atoms with Gasteiger partial charge in [0.15, 0.2) is 5.60 Å². The lowest BCUT2D eigenvalue weighted by Crippen LogP contribution is -2.39. The number of rotatable bonds is 12. The predicted molar refractivity (Wildman–Crippen MR) is 127 cm³/mol. The molecule has 31 heavy (non-hydrogen) atoms. The fraction of sp³-hybridized carbons (Fsp3) is 0.519. The lowest BCUT2D eigenvalue weighted by Gasteiger charge is -2.25. The van der Waals surface area contributed by atoms with Crippen molar-refractivity contribution in [3.05, 3.63) is 65.2 Å². The molecular formula is C27H39NO3. The second-order valence-corrected chi connectivity index (χ2v) is 8.89. The maximum absolute atomic E-state index is 12.1. The van der Waals surface area contributed by atoms with Crippen molar-refractivity contribution in [2.75, 3.05) is 19.7 Å². The first kappa shape index (κ1) is 24.9. The largest absolute Gasteiger partial charge is 0.476 e. The maximum atomic E-state index is 12.1. The fourth-order valence-corrected chi connectivity index (χ4v) is 3.70. The first-order valence-electron chi connectivity index (χ1n) is 11.5. The minimum absolute atomic E-state index is 0.344. The molecule has 170 valence electrons. The van der Waals surface area contributed by atoms with Crippen molar-refractivity contribution in [3.63, 3.8) is 0 Å². The lowest BCUT2D eigenvalue weighted by molar-refractivity contribution is -0.158. The molecule has 2 rings (SSSR count). The molecule has 2 aromatic carbocycles. The van der Waals surface area contributed by atoms with Gasteiger partial charge in [-0.25, -0.2) is 4.79 Å². The van der Waals surface area contributed by atoms with E-state index in [1.54, 1.807) is 20.8 Å². The van der Waals surface area contributed by atoms with E-state index in [1.165, 1.54) is 11.1 Å². The number of benzene rings is 2. The molecule has 0 saturated heterocycles. The van der Waals surface area contributed by atoms with Gasteiger partial charge in [0.05, 0.1) is 6.61 Å². The summed E-state index contributed by atoms with van der Waals surface area (Å²) >= 11 is 0. The summed E-state index contributed by atoms with van der Waals surface area (Å²) in [5.41, 5.74) is 2.71. The van der Waals surface area contributed by atoms with Gasteiger partial charge in [-0.05, 0) is 75.8 Å². The van der Waals surface area contributed by atoms with E-state index in [0.29, 0.717) is 12.5 Å². The molecule has 0 aromatic heterocycles. The summed E-state index contributed by atoms with van der Waals surface area (Å²) in [6.45, 7) is 15.4. The lowest BCUT2D eigenvalue weighted by atomic mass is 9.99. The third-order valence-electron chi connectivity index (χ3n) is 5.56. The quantitative estimate of drug-likeness (QED) is 0.403. The van der Waals surface area contributed by atoms with Crippen LogP contribution in [-0.2, 0) is 22.5 Å². The van der Waals surface area contributed by atoms with Gasteiger partial charge in [0.2, 0.25) is 0 Å². The first-order chi connectivity index (χ1) is 14.7. The van der Waals surface area contributed by atoms with Crippen molar-refractivity contribution in [2.45, 2.75) is 66.5 Å². The van der Waals surface area contributed by atoms with Crippen LogP contribution < -0.4 is 4.74 Å². The molecule has 0 aliphatic rings. The topological polar surface area (TPSA) is 38.8 Å². The van der Waals surface area contributed by atoms with Crippen LogP contribution in [0.2, 0.25) is 0 Å². The highest BCUT2D eigenvalue weighted by Crippen LogP contribution is 2.26. The Bertz CT molecular complexity index is 816. The number of ether oxygens (including phenoxy) is 2. The number of hydrogen-bond donors (Lipinski definition) is 0. The third kappa shape index (κ3) is 8.02. The third-order valence-corrected chi connectivity index (χ3v) is 5.56. The Morgan fingerprint density at radius 2 is 1.77 bits per heavy atom. The van der Waals surface area contributed by atoms with Gasteiger partial charge < -0.3 is 9.47 Å². The highest BCUT2D eigenvalue weighted by molar-refractivity contribution is 5.79. The number of esters is 1. The van der Waals surface area contributed by atoms with Gasteiger partial charge in [-0.2, -0.15) is 0 Å².